The van der Waals surface area contributed by atoms with Gasteiger partial charge in [-0.3, -0.25) is 9.69 Å². The number of amides is 1. The molecule has 0 saturated carbocycles. The largest absolute Gasteiger partial charge is 0.473 e. The third kappa shape index (κ3) is 9.48. The molecule has 1 aliphatic rings. The zero-order valence-electron chi connectivity index (χ0n) is 17.9. The Morgan fingerprint density at radius 3 is 2.90 bits per heavy atom. The summed E-state index contributed by atoms with van der Waals surface area (Å²) < 4.78 is 5.72. The smallest absolute Gasteiger partial charge is 0.220 e. The standard InChI is InChI=1S/C23H31N5O2S/c29-21(7-6-16-31-23-9-11-24-19-27-23)25-10-2-5-15-30-22-17-20(8-12-26-22)18-28-13-3-1-4-14-28/h2,5,8-9,11-12,17,19H,1,3-4,6-7,10,13-16,18H2,(H,25,29)/b5-2-. The molecule has 3 rings (SSSR count). The van der Waals surface area contributed by atoms with E-state index in [9.17, 15) is 4.79 Å². The molecular formula is C23H31N5O2S. The van der Waals surface area contributed by atoms with E-state index in [0.29, 0.717) is 25.5 Å². The Labute approximate surface area is 188 Å². The molecule has 0 unspecified atom stereocenters. The molecule has 0 bridgehead atoms. The van der Waals surface area contributed by atoms with Crippen LogP contribution in [0.4, 0.5) is 0 Å². The number of nitrogens with one attached hydrogen (secondary N) is 1. The third-order valence-corrected chi connectivity index (χ3v) is 5.95. The summed E-state index contributed by atoms with van der Waals surface area (Å²) in [5, 5.41) is 3.83. The predicted octanol–water partition coefficient (Wildman–Crippen LogP) is 3.48. The average Bonchev–Trinajstić information content (AvgIpc) is 2.81. The van der Waals surface area contributed by atoms with Crippen molar-refractivity contribution in [2.45, 2.75) is 43.7 Å². The molecule has 1 amide bonds. The van der Waals surface area contributed by atoms with Crippen LogP contribution in [0.1, 0.15) is 37.7 Å². The van der Waals surface area contributed by atoms with E-state index in [-0.39, 0.29) is 5.91 Å². The lowest BCUT2D eigenvalue weighted by Gasteiger charge is -2.26. The van der Waals surface area contributed by atoms with Crippen molar-refractivity contribution in [3.63, 3.8) is 0 Å². The molecule has 31 heavy (non-hydrogen) atoms. The summed E-state index contributed by atoms with van der Waals surface area (Å²) >= 11 is 1.64. The SMILES string of the molecule is O=C(CCCSc1ccncn1)NC/C=C\COc1cc(CN2CCCCC2)ccn1. The molecule has 0 atom stereocenters. The molecule has 0 aliphatic carbocycles. The maximum absolute atomic E-state index is 11.9. The highest BCUT2D eigenvalue weighted by atomic mass is 32.2. The molecule has 0 radical (unpaired) electrons. The number of likely N-dealkylation sites (tertiary alicyclic amines) is 1. The summed E-state index contributed by atoms with van der Waals surface area (Å²) in [6.45, 7) is 4.25. The van der Waals surface area contributed by atoms with E-state index in [4.69, 9.17) is 4.74 Å². The van der Waals surface area contributed by atoms with Gasteiger partial charge in [-0.15, -0.1) is 11.8 Å². The van der Waals surface area contributed by atoms with E-state index in [2.05, 4.69) is 31.2 Å². The molecule has 1 aliphatic heterocycles. The molecule has 1 N–H and O–H groups in total. The minimum atomic E-state index is 0.0564. The van der Waals surface area contributed by atoms with Crippen LogP contribution in [0, 0.1) is 0 Å². The van der Waals surface area contributed by atoms with Crippen molar-refractivity contribution < 1.29 is 9.53 Å². The fourth-order valence-electron chi connectivity index (χ4n) is 3.32. The lowest BCUT2D eigenvalue weighted by Crippen LogP contribution is -2.29. The monoisotopic (exact) mass is 441 g/mol. The molecule has 166 valence electrons. The minimum absolute atomic E-state index is 0.0564. The number of carbonyl (C=O) groups excluding carboxylic acids is 1. The lowest BCUT2D eigenvalue weighted by molar-refractivity contribution is -0.120. The minimum Gasteiger partial charge on any atom is -0.473 e. The first-order valence-corrected chi connectivity index (χ1v) is 11.9. The Hall–Kier alpha value is -2.45. The van der Waals surface area contributed by atoms with E-state index in [1.807, 2.05) is 30.5 Å². The first-order valence-electron chi connectivity index (χ1n) is 10.9. The van der Waals surface area contributed by atoms with E-state index in [1.54, 1.807) is 18.0 Å². The Balaban J connectivity index is 1.24. The van der Waals surface area contributed by atoms with Crippen molar-refractivity contribution in [1.29, 1.82) is 0 Å². The Morgan fingerprint density at radius 2 is 2.06 bits per heavy atom. The van der Waals surface area contributed by atoms with Crippen LogP contribution in [0.5, 0.6) is 5.88 Å². The van der Waals surface area contributed by atoms with Crippen LogP contribution >= 0.6 is 11.8 Å². The van der Waals surface area contributed by atoms with Gasteiger partial charge in [-0.25, -0.2) is 15.0 Å². The molecule has 1 fully saturated rings. The number of aromatic nitrogens is 3. The van der Waals surface area contributed by atoms with Crippen molar-refractivity contribution in [1.82, 2.24) is 25.2 Å². The van der Waals surface area contributed by atoms with Gasteiger partial charge >= 0.3 is 0 Å². The van der Waals surface area contributed by atoms with Crippen LogP contribution in [-0.4, -0.2) is 57.8 Å². The van der Waals surface area contributed by atoms with Crippen LogP contribution in [0.3, 0.4) is 0 Å². The summed E-state index contributed by atoms with van der Waals surface area (Å²) in [4.78, 5) is 26.7. The van der Waals surface area contributed by atoms with Crippen molar-refractivity contribution in [2.24, 2.45) is 0 Å². The highest BCUT2D eigenvalue weighted by Crippen LogP contribution is 2.16. The predicted molar refractivity (Wildman–Crippen MR) is 123 cm³/mol. The first kappa shape index (κ1) is 23.2. The molecular weight excluding hydrogens is 410 g/mol. The Bertz CT molecular complexity index is 813. The number of rotatable bonds is 12. The highest BCUT2D eigenvalue weighted by Gasteiger charge is 2.10. The van der Waals surface area contributed by atoms with Crippen molar-refractivity contribution in [3.8, 4) is 5.88 Å². The number of piperidine rings is 1. The van der Waals surface area contributed by atoms with Gasteiger partial charge in [0.2, 0.25) is 11.8 Å². The highest BCUT2D eigenvalue weighted by molar-refractivity contribution is 7.99. The number of nitrogens with zero attached hydrogens (tertiary/aromatic N) is 4. The summed E-state index contributed by atoms with van der Waals surface area (Å²) in [6, 6.07) is 5.95. The lowest BCUT2D eigenvalue weighted by atomic mass is 10.1. The van der Waals surface area contributed by atoms with E-state index in [0.717, 1.165) is 23.7 Å². The van der Waals surface area contributed by atoms with Crippen LogP contribution in [-0.2, 0) is 11.3 Å². The molecule has 0 aromatic carbocycles. The van der Waals surface area contributed by atoms with Crippen LogP contribution in [0.15, 0.2) is 54.1 Å². The summed E-state index contributed by atoms with van der Waals surface area (Å²) in [5.41, 5.74) is 1.24. The van der Waals surface area contributed by atoms with Gasteiger partial charge in [0.15, 0.2) is 0 Å². The van der Waals surface area contributed by atoms with Crippen molar-refractivity contribution in [2.75, 3.05) is 32.0 Å². The van der Waals surface area contributed by atoms with Crippen molar-refractivity contribution in [3.05, 3.63) is 54.6 Å². The number of ether oxygens (including phenoxy) is 1. The van der Waals surface area contributed by atoms with Crippen LogP contribution in [0.25, 0.3) is 0 Å². The zero-order chi connectivity index (χ0) is 21.6. The number of pyridine rings is 1. The van der Waals surface area contributed by atoms with Gasteiger partial charge in [-0.1, -0.05) is 12.5 Å². The second kappa shape index (κ2) is 13.8. The second-order valence-electron chi connectivity index (χ2n) is 7.43. The molecule has 7 nitrogen and oxygen atoms in total. The van der Waals surface area contributed by atoms with E-state index >= 15 is 0 Å². The van der Waals surface area contributed by atoms with Gasteiger partial charge in [0.1, 0.15) is 12.9 Å². The summed E-state index contributed by atoms with van der Waals surface area (Å²) in [5.74, 6) is 1.56. The molecule has 3 heterocycles. The first-order chi connectivity index (χ1) is 15.3. The Kier molecular flexibility index (Phi) is 10.3. The van der Waals surface area contributed by atoms with Crippen LogP contribution in [0.2, 0.25) is 0 Å². The summed E-state index contributed by atoms with van der Waals surface area (Å²) in [7, 11) is 0. The van der Waals surface area contributed by atoms with Gasteiger partial charge in [-0.2, -0.15) is 0 Å². The van der Waals surface area contributed by atoms with Gasteiger partial charge in [0.25, 0.3) is 0 Å². The van der Waals surface area contributed by atoms with Crippen molar-refractivity contribution >= 4 is 17.7 Å². The fourth-order valence-corrected chi connectivity index (χ4v) is 4.10. The average molecular weight is 442 g/mol. The zero-order valence-corrected chi connectivity index (χ0v) is 18.7. The topological polar surface area (TPSA) is 80.2 Å². The molecule has 2 aromatic heterocycles. The van der Waals surface area contributed by atoms with E-state index in [1.165, 1.54) is 44.2 Å². The quantitative estimate of drug-likeness (QED) is 0.234. The van der Waals surface area contributed by atoms with Gasteiger partial charge < -0.3 is 10.1 Å². The van der Waals surface area contributed by atoms with Gasteiger partial charge in [0, 0.05) is 38.0 Å². The maximum Gasteiger partial charge on any atom is 0.220 e. The molecule has 1 saturated heterocycles. The summed E-state index contributed by atoms with van der Waals surface area (Å²) in [6.07, 6.45) is 14.1. The number of carbonyl (C=O) groups is 1. The number of thioether (sulfide) groups is 1. The molecule has 8 heteroatoms. The third-order valence-electron chi connectivity index (χ3n) is 4.92. The van der Waals surface area contributed by atoms with Gasteiger partial charge in [-0.05, 0) is 61.9 Å². The van der Waals surface area contributed by atoms with E-state index < -0.39 is 0 Å². The number of hydrogen-bond acceptors (Lipinski definition) is 7. The fraction of sp³-hybridized carbons (Fsp3) is 0.478. The molecule has 0 spiro atoms. The normalized spacial score (nSPS) is 14.6. The maximum atomic E-state index is 11.9. The Morgan fingerprint density at radius 1 is 1.16 bits per heavy atom. The second-order valence-corrected chi connectivity index (χ2v) is 8.54. The molecule has 2 aromatic rings. The van der Waals surface area contributed by atoms with Crippen LogP contribution < -0.4 is 10.1 Å². The van der Waals surface area contributed by atoms with Gasteiger partial charge in [0.05, 0.1) is 5.03 Å². The number of hydrogen-bond donors (Lipinski definition) is 1.